The van der Waals surface area contributed by atoms with E-state index in [0.29, 0.717) is 5.17 Å². The quantitative estimate of drug-likeness (QED) is 0.848. The van der Waals surface area contributed by atoms with Gasteiger partial charge in [-0.05, 0) is 37.0 Å². The molecule has 6 heteroatoms. The Bertz CT molecular complexity index is 474. The summed E-state index contributed by atoms with van der Waals surface area (Å²) in [7, 11) is 0. The summed E-state index contributed by atoms with van der Waals surface area (Å²) < 4.78 is 5.56. The van der Waals surface area contributed by atoms with Gasteiger partial charge in [0.05, 0.1) is 12.3 Å². The predicted molar refractivity (Wildman–Crippen MR) is 92.4 cm³/mol. The minimum absolute atomic E-state index is 0. The Morgan fingerprint density at radius 3 is 2.55 bits per heavy atom. The number of rotatable bonds is 6. The van der Waals surface area contributed by atoms with Crippen LogP contribution in [0.4, 0.5) is 0 Å². The van der Waals surface area contributed by atoms with E-state index in [9.17, 15) is 0 Å². The third kappa shape index (κ3) is 5.54. The fourth-order valence-corrected chi connectivity index (χ4v) is 2.33. The van der Waals surface area contributed by atoms with E-state index in [1.165, 1.54) is 5.56 Å². The molecule has 0 saturated heterocycles. The average molecular weight is 358 g/mol. The van der Waals surface area contributed by atoms with Gasteiger partial charge < -0.3 is 10.5 Å². The molecule has 0 amide bonds. The first-order valence-corrected chi connectivity index (χ1v) is 7.50. The molecule has 2 N–H and O–H groups in total. The second kappa shape index (κ2) is 9.02. The largest absolute Gasteiger partial charge is 0.494 e. The van der Waals surface area contributed by atoms with Gasteiger partial charge in [-0.25, -0.2) is 0 Å². The Balaban J connectivity index is 0.00000200. The van der Waals surface area contributed by atoms with Gasteiger partial charge in [0.1, 0.15) is 5.75 Å². The minimum Gasteiger partial charge on any atom is -0.494 e. The number of nitrogens with two attached hydrogens (primary N) is 1. The molecule has 0 aliphatic carbocycles. The minimum atomic E-state index is 0. The van der Waals surface area contributed by atoms with Crippen LogP contribution in [-0.4, -0.2) is 23.2 Å². The van der Waals surface area contributed by atoms with Crippen molar-refractivity contribution in [2.24, 2.45) is 15.9 Å². The van der Waals surface area contributed by atoms with E-state index < -0.39 is 0 Å². The van der Waals surface area contributed by atoms with E-state index in [-0.39, 0.29) is 17.0 Å². The molecule has 4 nitrogen and oxygen atoms in total. The van der Waals surface area contributed by atoms with Crippen molar-refractivity contribution in [2.45, 2.75) is 26.2 Å². The standard InChI is InChI=1S/C14H19N3OS.BrH/c1-2-9-18-13-7-4-11(5-8-13)3-6-12-10-19-14(15)17-16-12;/h4-5,7-8H,2-3,6,9-10H2,1H3,(H2,15,17);1H. The number of amidine groups is 1. The molecule has 0 saturated carbocycles. The van der Waals surface area contributed by atoms with E-state index in [4.69, 9.17) is 10.5 Å². The number of hydrogen-bond donors (Lipinski definition) is 1. The highest BCUT2D eigenvalue weighted by molar-refractivity contribution is 8.93. The van der Waals surface area contributed by atoms with Gasteiger partial charge >= 0.3 is 0 Å². The summed E-state index contributed by atoms with van der Waals surface area (Å²) in [6.07, 6.45) is 2.94. The molecule has 20 heavy (non-hydrogen) atoms. The van der Waals surface area contributed by atoms with E-state index in [0.717, 1.165) is 43.1 Å². The van der Waals surface area contributed by atoms with Gasteiger partial charge in [-0.15, -0.1) is 22.1 Å². The highest BCUT2D eigenvalue weighted by Crippen LogP contribution is 2.15. The molecule has 1 aliphatic rings. The second-order valence-corrected chi connectivity index (χ2v) is 5.38. The summed E-state index contributed by atoms with van der Waals surface area (Å²) in [6, 6.07) is 8.27. The summed E-state index contributed by atoms with van der Waals surface area (Å²) in [5.74, 6) is 1.79. The van der Waals surface area contributed by atoms with Crippen LogP contribution in [0, 0.1) is 0 Å². The van der Waals surface area contributed by atoms with Crippen LogP contribution in [0.1, 0.15) is 25.3 Å². The van der Waals surface area contributed by atoms with Crippen molar-refractivity contribution in [3.8, 4) is 5.75 Å². The number of ether oxygens (including phenoxy) is 1. The Morgan fingerprint density at radius 2 is 1.95 bits per heavy atom. The number of benzene rings is 1. The number of nitrogens with zero attached hydrogens (tertiary/aromatic N) is 2. The number of hydrogen-bond acceptors (Lipinski definition) is 5. The lowest BCUT2D eigenvalue weighted by Crippen LogP contribution is -2.16. The fourth-order valence-electron chi connectivity index (χ4n) is 1.72. The summed E-state index contributed by atoms with van der Waals surface area (Å²) in [5.41, 5.74) is 7.95. The highest BCUT2D eigenvalue weighted by atomic mass is 79.9. The summed E-state index contributed by atoms with van der Waals surface area (Å²) in [4.78, 5) is 0. The summed E-state index contributed by atoms with van der Waals surface area (Å²) >= 11 is 1.55. The number of thioether (sulfide) groups is 1. The van der Waals surface area contributed by atoms with E-state index in [1.807, 2.05) is 12.1 Å². The van der Waals surface area contributed by atoms with Crippen molar-refractivity contribution in [2.75, 3.05) is 12.4 Å². The van der Waals surface area contributed by atoms with Gasteiger partial charge in [-0.3, -0.25) is 0 Å². The van der Waals surface area contributed by atoms with Crippen molar-refractivity contribution in [1.29, 1.82) is 0 Å². The molecule has 1 heterocycles. The Kier molecular flexibility index (Phi) is 7.69. The first-order chi connectivity index (χ1) is 9.28. The molecule has 0 radical (unpaired) electrons. The second-order valence-electron chi connectivity index (χ2n) is 4.39. The Morgan fingerprint density at radius 1 is 1.20 bits per heavy atom. The molecule has 1 aromatic rings. The average Bonchev–Trinajstić information content (AvgIpc) is 2.46. The van der Waals surface area contributed by atoms with Crippen LogP contribution in [0.3, 0.4) is 0 Å². The van der Waals surface area contributed by atoms with Crippen LogP contribution in [0.15, 0.2) is 34.5 Å². The van der Waals surface area contributed by atoms with Crippen LogP contribution < -0.4 is 10.5 Å². The molecule has 0 fully saturated rings. The van der Waals surface area contributed by atoms with Crippen molar-refractivity contribution < 1.29 is 4.74 Å². The van der Waals surface area contributed by atoms with Crippen molar-refractivity contribution in [3.63, 3.8) is 0 Å². The van der Waals surface area contributed by atoms with Crippen LogP contribution in [0.5, 0.6) is 5.75 Å². The third-order valence-electron chi connectivity index (χ3n) is 2.78. The van der Waals surface area contributed by atoms with E-state index in [1.54, 1.807) is 11.8 Å². The normalized spacial score (nSPS) is 14.1. The van der Waals surface area contributed by atoms with Crippen LogP contribution in [0.25, 0.3) is 0 Å². The zero-order valence-corrected chi connectivity index (χ0v) is 14.1. The van der Waals surface area contributed by atoms with Gasteiger partial charge in [-0.1, -0.05) is 30.8 Å². The van der Waals surface area contributed by atoms with Gasteiger partial charge in [0, 0.05) is 5.75 Å². The van der Waals surface area contributed by atoms with Crippen molar-refractivity contribution in [3.05, 3.63) is 29.8 Å². The third-order valence-corrected chi connectivity index (χ3v) is 3.63. The molecule has 110 valence electrons. The van der Waals surface area contributed by atoms with Gasteiger partial charge in [0.25, 0.3) is 0 Å². The van der Waals surface area contributed by atoms with Crippen LogP contribution >= 0.6 is 28.7 Å². The lowest BCUT2D eigenvalue weighted by molar-refractivity contribution is 0.317. The van der Waals surface area contributed by atoms with Gasteiger partial charge in [-0.2, -0.15) is 5.10 Å². The Labute approximate surface area is 134 Å². The Hall–Kier alpha value is -1.01. The van der Waals surface area contributed by atoms with E-state index in [2.05, 4.69) is 29.3 Å². The first kappa shape index (κ1) is 17.0. The molecular formula is C14H20BrN3OS. The zero-order chi connectivity index (χ0) is 13.5. The smallest absolute Gasteiger partial charge is 0.180 e. The molecule has 0 unspecified atom stereocenters. The van der Waals surface area contributed by atoms with Crippen molar-refractivity contribution >= 4 is 39.6 Å². The maximum atomic E-state index is 5.56. The monoisotopic (exact) mass is 357 g/mol. The highest BCUT2D eigenvalue weighted by Gasteiger charge is 2.07. The lowest BCUT2D eigenvalue weighted by atomic mass is 10.1. The molecule has 0 spiro atoms. The number of halogens is 1. The molecule has 2 rings (SSSR count). The van der Waals surface area contributed by atoms with Crippen LogP contribution in [-0.2, 0) is 6.42 Å². The fraction of sp³-hybridized carbons (Fsp3) is 0.429. The molecule has 0 aromatic heterocycles. The topological polar surface area (TPSA) is 60.0 Å². The molecule has 0 atom stereocenters. The maximum absolute atomic E-state index is 5.56. The summed E-state index contributed by atoms with van der Waals surface area (Å²) in [6.45, 7) is 2.87. The molecule has 1 aromatic carbocycles. The molecule has 0 bridgehead atoms. The van der Waals surface area contributed by atoms with Crippen LogP contribution in [0.2, 0.25) is 0 Å². The van der Waals surface area contributed by atoms with Crippen molar-refractivity contribution in [1.82, 2.24) is 0 Å². The predicted octanol–water partition coefficient (Wildman–Crippen LogP) is 3.40. The lowest BCUT2D eigenvalue weighted by Gasteiger charge is -2.09. The summed E-state index contributed by atoms with van der Waals surface area (Å²) in [5, 5.41) is 8.57. The van der Waals surface area contributed by atoms with Gasteiger partial charge in [0.15, 0.2) is 5.17 Å². The zero-order valence-electron chi connectivity index (χ0n) is 11.5. The SMILES string of the molecule is Br.CCCOc1ccc(CCC2=NN=C(N)SC2)cc1. The molecular weight excluding hydrogens is 338 g/mol. The van der Waals surface area contributed by atoms with E-state index >= 15 is 0 Å². The molecule has 1 aliphatic heterocycles. The van der Waals surface area contributed by atoms with Gasteiger partial charge in [0.2, 0.25) is 0 Å². The first-order valence-electron chi connectivity index (χ1n) is 6.51. The number of aryl methyl sites for hydroxylation is 1. The maximum Gasteiger partial charge on any atom is 0.180 e.